The molecule has 1 atom stereocenters. The summed E-state index contributed by atoms with van der Waals surface area (Å²) in [5.74, 6) is 0. The molecule has 2 aliphatic rings. The normalized spacial score (nSPS) is 16.7. The van der Waals surface area contributed by atoms with Gasteiger partial charge in [-0.1, -0.05) is 67.3 Å². The zero-order valence-corrected chi connectivity index (χ0v) is 20.9. The van der Waals surface area contributed by atoms with Gasteiger partial charge in [-0.3, -0.25) is 4.79 Å². The summed E-state index contributed by atoms with van der Waals surface area (Å²) in [5.41, 5.74) is -0.104. The highest BCUT2D eigenvalue weighted by Crippen LogP contribution is 2.22. The molecular weight excluding hydrogens is 445 g/mol. The number of benzene rings is 2. The molecule has 0 aliphatic heterocycles. The predicted octanol–water partition coefficient (Wildman–Crippen LogP) is 2.92. The van der Waals surface area contributed by atoms with Crippen molar-refractivity contribution in [1.29, 1.82) is 0 Å². The Labute approximate surface area is 208 Å². The van der Waals surface area contributed by atoms with E-state index in [1.807, 2.05) is 48.5 Å². The van der Waals surface area contributed by atoms with Gasteiger partial charge in [0, 0.05) is 11.6 Å². The Balaban J connectivity index is 0.000000249. The second kappa shape index (κ2) is 14.1. The maximum absolute atomic E-state index is 10.5. The number of aldehydes is 1. The van der Waals surface area contributed by atoms with Crippen LogP contribution in [0.4, 0.5) is 0 Å². The molecule has 0 spiro atoms. The molecule has 0 amide bonds. The molecule has 0 radical (unpaired) electrons. The summed E-state index contributed by atoms with van der Waals surface area (Å²) in [6.07, 6.45) is 11.9. The number of hydrogen-bond acceptors (Lipinski definition) is 7. The summed E-state index contributed by atoms with van der Waals surface area (Å²) in [6, 6.07) is 14.8. The van der Waals surface area contributed by atoms with Crippen molar-refractivity contribution < 1.29 is 30.1 Å². The molecule has 7 nitrogen and oxygen atoms in total. The first-order valence-electron chi connectivity index (χ1n) is 11.5. The van der Waals surface area contributed by atoms with Gasteiger partial charge in [-0.2, -0.15) is 0 Å². The van der Waals surface area contributed by atoms with Crippen LogP contribution in [0.25, 0.3) is 10.8 Å². The topological polar surface area (TPSA) is 130 Å². The largest absolute Gasteiger partial charge is 0.631 e. The highest BCUT2D eigenvalue weighted by molar-refractivity contribution is 6.30. The molecule has 0 heterocycles. The molecular formula is C27H38BNO6. The fraction of sp³-hybridized carbons (Fsp3) is 0.370. The van der Waals surface area contributed by atoms with Gasteiger partial charge >= 0.3 is 7.32 Å². The lowest BCUT2D eigenvalue weighted by Crippen LogP contribution is -2.44. The molecule has 1 fully saturated rings. The van der Waals surface area contributed by atoms with Gasteiger partial charge in [0.2, 0.25) is 0 Å². The van der Waals surface area contributed by atoms with Gasteiger partial charge in [0.15, 0.2) is 0 Å². The Kier molecular flexibility index (Phi) is 12.3. The van der Waals surface area contributed by atoms with Crippen molar-refractivity contribution in [2.24, 2.45) is 0 Å². The maximum Gasteiger partial charge on any atom is 0.631 e. The first kappa shape index (κ1) is 30.4. The lowest BCUT2D eigenvalue weighted by molar-refractivity contribution is -0.107. The van der Waals surface area contributed by atoms with Gasteiger partial charge < -0.3 is 30.6 Å². The maximum atomic E-state index is 10.5. The SMILES string of the molecule is C=C1C=CC=CC1NC1CC1.CC(C)(O)C(C)(C)O.O=Cc1ccc2ccccc2c1.OB(O)O. The Morgan fingerprint density at radius 1 is 0.943 bits per heavy atom. The quantitative estimate of drug-likeness (QED) is 0.291. The van der Waals surface area contributed by atoms with E-state index in [0.717, 1.165) is 23.3 Å². The number of carbonyl (C=O) groups is 1. The van der Waals surface area contributed by atoms with Gasteiger partial charge in [-0.25, -0.2) is 0 Å². The monoisotopic (exact) mass is 483 g/mol. The molecule has 0 bridgehead atoms. The van der Waals surface area contributed by atoms with Crippen LogP contribution in [0.3, 0.4) is 0 Å². The second-order valence-corrected chi connectivity index (χ2v) is 9.43. The van der Waals surface area contributed by atoms with Crippen LogP contribution in [0.15, 0.2) is 78.9 Å². The first-order chi connectivity index (χ1) is 16.2. The number of fused-ring (bicyclic) bond motifs is 1. The number of aliphatic hydroxyl groups is 2. The standard InChI is InChI=1S/C11H8O.C10H13N.C6H14O2.BH3O3/c12-8-9-5-6-10-3-1-2-4-11(10)7-9;1-8-4-2-3-5-10(8)11-9-6-7-9;1-5(2,7)6(3,4)8;2-1(3)4/h1-8H;2-5,9-11H,1,6-7H2;7-8H,1-4H3;2-4H. The molecule has 8 heteroatoms. The van der Waals surface area contributed by atoms with Gasteiger partial charge in [0.1, 0.15) is 6.29 Å². The van der Waals surface area contributed by atoms with Crippen molar-refractivity contribution in [3.05, 3.63) is 84.5 Å². The van der Waals surface area contributed by atoms with Crippen molar-refractivity contribution in [2.45, 2.75) is 63.8 Å². The molecule has 2 aromatic rings. The van der Waals surface area contributed by atoms with Crippen molar-refractivity contribution in [2.75, 3.05) is 0 Å². The van der Waals surface area contributed by atoms with Gasteiger partial charge in [0.25, 0.3) is 0 Å². The van der Waals surface area contributed by atoms with Crippen LogP contribution in [0.1, 0.15) is 50.9 Å². The molecule has 35 heavy (non-hydrogen) atoms. The van der Waals surface area contributed by atoms with E-state index in [4.69, 9.17) is 25.3 Å². The molecule has 1 saturated carbocycles. The fourth-order valence-electron chi connectivity index (χ4n) is 2.53. The van der Waals surface area contributed by atoms with E-state index >= 15 is 0 Å². The van der Waals surface area contributed by atoms with Crippen molar-refractivity contribution >= 4 is 24.4 Å². The predicted molar refractivity (Wildman–Crippen MR) is 142 cm³/mol. The summed E-state index contributed by atoms with van der Waals surface area (Å²) < 4.78 is 0. The third kappa shape index (κ3) is 12.6. The van der Waals surface area contributed by atoms with E-state index in [1.54, 1.807) is 27.7 Å². The molecule has 4 rings (SSSR count). The highest BCUT2D eigenvalue weighted by atomic mass is 16.5. The Bertz CT molecular complexity index is 986. The molecule has 2 aliphatic carbocycles. The highest BCUT2D eigenvalue weighted by Gasteiger charge is 2.32. The zero-order valence-electron chi connectivity index (χ0n) is 20.9. The smallest absolute Gasteiger partial charge is 0.402 e. The van der Waals surface area contributed by atoms with E-state index in [1.165, 1.54) is 23.8 Å². The number of rotatable bonds is 4. The van der Waals surface area contributed by atoms with Crippen LogP contribution in [0.5, 0.6) is 0 Å². The second-order valence-electron chi connectivity index (χ2n) is 9.43. The lowest BCUT2D eigenvalue weighted by Gasteiger charge is -2.31. The average Bonchev–Trinajstić information content (AvgIpc) is 3.58. The van der Waals surface area contributed by atoms with Crippen LogP contribution in [-0.4, -0.2) is 62.2 Å². The van der Waals surface area contributed by atoms with Gasteiger partial charge in [-0.05, 0) is 62.9 Å². The molecule has 190 valence electrons. The number of nitrogens with one attached hydrogen (secondary N) is 1. The number of allylic oxidation sites excluding steroid dienone is 2. The minimum atomic E-state index is -2.17. The van der Waals surface area contributed by atoms with E-state index in [-0.39, 0.29) is 0 Å². The van der Waals surface area contributed by atoms with Crippen molar-refractivity contribution in [1.82, 2.24) is 5.32 Å². The van der Waals surface area contributed by atoms with Crippen molar-refractivity contribution in [3.8, 4) is 0 Å². The van der Waals surface area contributed by atoms with Crippen LogP contribution >= 0.6 is 0 Å². The third-order valence-corrected chi connectivity index (χ3v) is 5.52. The van der Waals surface area contributed by atoms with Gasteiger partial charge in [-0.15, -0.1) is 0 Å². The molecule has 0 aromatic heterocycles. The van der Waals surface area contributed by atoms with E-state index in [0.29, 0.717) is 6.04 Å². The van der Waals surface area contributed by atoms with E-state index in [9.17, 15) is 4.79 Å². The van der Waals surface area contributed by atoms with E-state index < -0.39 is 18.5 Å². The van der Waals surface area contributed by atoms with Crippen LogP contribution in [0, 0.1) is 0 Å². The summed E-state index contributed by atoms with van der Waals surface area (Å²) in [7, 11) is -2.17. The zero-order chi connectivity index (χ0) is 26.6. The molecule has 0 saturated heterocycles. The summed E-state index contributed by atoms with van der Waals surface area (Å²) >= 11 is 0. The molecule has 1 unspecified atom stereocenters. The fourth-order valence-corrected chi connectivity index (χ4v) is 2.53. The van der Waals surface area contributed by atoms with Crippen LogP contribution in [-0.2, 0) is 0 Å². The minimum Gasteiger partial charge on any atom is -0.402 e. The van der Waals surface area contributed by atoms with Crippen LogP contribution in [0.2, 0.25) is 0 Å². The lowest BCUT2D eigenvalue weighted by atomic mass is 9.90. The first-order valence-corrected chi connectivity index (χ1v) is 11.5. The molecule has 6 N–H and O–H groups in total. The molecule has 2 aromatic carbocycles. The number of carbonyl (C=O) groups excluding carboxylic acids is 1. The summed E-state index contributed by atoms with van der Waals surface area (Å²) in [6.45, 7) is 10.3. The Morgan fingerprint density at radius 3 is 1.94 bits per heavy atom. The summed E-state index contributed by atoms with van der Waals surface area (Å²) in [5, 5.41) is 45.5. The Hall–Kier alpha value is -2.59. The summed E-state index contributed by atoms with van der Waals surface area (Å²) in [4.78, 5) is 10.5. The Morgan fingerprint density at radius 2 is 1.49 bits per heavy atom. The van der Waals surface area contributed by atoms with Gasteiger partial charge in [0.05, 0.1) is 17.2 Å². The number of hydrogen-bond donors (Lipinski definition) is 6. The average molecular weight is 483 g/mol. The van der Waals surface area contributed by atoms with Crippen LogP contribution < -0.4 is 5.32 Å². The minimum absolute atomic E-state index is 0.396. The van der Waals surface area contributed by atoms with Crippen molar-refractivity contribution in [3.63, 3.8) is 0 Å². The van der Waals surface area contributed by atoms with E-state index in [2.05, 4.69) is 30.1 Å². The third-order valence-electron chi connectivity index (χ3n) is 5.52.